The molecule has 1 aromatic heterocycles. The van der Waals surface area contributed by atoms with E-state index in [0.717, 1.165) is 10.9 Å². The van der Waals surface area contributed by atoms with E-state index in [0.29, 0.717) is 29.0 Å². The number of carbonyl (C=O) groups excluding carboxylic acids is 3. The summed E-state index contributed by atoms with van der Waals surface area (Å²) in [6, 6.07) is 12.2. The molecule has 1 aliphatic rings. The Morgan fingerprint density at radius 1 is 1.17 bits per heavy atom. The zero-order valence-corrected chi connectivity index (χ0v) is 16.7. The number of fused-ring (bicyclic) bond motifs is 2. The van der Waals surface area contributed by atoms with Crippen molar-refractivity contribution in [2.75, 3.05) is 18.5 Å². The first-order valence-electron chi connectivity index (χ1n) is 9.73. The number of anilines is 1. The maximum Gasteiger partial charge on any atom is 0.375 e. The standard InChI is InChI=1S/C23H21NO6/c1-3-28-11-17-15-6-4-5-7-20(15)30-21(17)23(27)29-12-19(25)14-8-9-18-16(10-14)13(2)22(26)24-18/h4-10,13H,3,11-12H2,1-2H3,(H,24,26)/t13-/m0/s1. The summed E-state index contributed by atoms with van der Waals surface area (Å²) in [5.74, 6) is -1.48. The van der Waals surface area contributed by atoms with Crippen LogP contribution in [0.4, 0.5) is 5.69 Å². The highest BCUT2D eigenvalue weighted by molar-refractivity contribution is 6.05. The van der Waals surface area contributed by atoms with Crippen LogP contribution in [0.3, 0.4) is 0 Å². The van der Waals surface area contributed by atoms with Crippen molar-refractivity contribution in [2.24, 2.45) is 0 Å². The van der Waals surface area contributed by atoms with Crippen LogP contribution in [0.1, 0.15) is 51.8 Å². The van der Waals surface area contributed by atoms with E-state index in [9.17, 15) is 14.4 Å². The number of amides is 1. The minimum atomic E-state index is -0.722. The molecule has 1 amide bonds. The van der Waals surface area contributed by atoms with Gasteiger partial charge in [-0.15, -0.1) is 0 Å². The summed E-state index contributed by atoms with van der Waals surface area (Å²) in [5.41, 5.74) is 2.98. The van der Waals surface area contributed by atoms with Crippen molar-refractivity contribution < 1.29 is 28.3 Å². The van der Waals surface area contributed by atoms with Gasteiger partial charge in [-0.05, 0) is 43.7 Å². The van der Waals surface area contributed by atoms with Gasteiger partial charge in [-0.2, -0.15) is 0 Å². The summed E-state index contributed by atoms with van der Waals surface area (Å²) < 4.78 is 16.4. The molecule has 1 N–H and O–H groups in total. The summed E-state index contributed by atoms with van der Waals surface area (Å²) in [4.78, 5) is 37.0. The van der Waals surface area contributed by atoms with Crippen molar-refractivity contribution in [2.45, 2.75) is 26.4 Å². The molecule has 1 atom stereocenters. The van der Waals surface area contributed by atoms with Crippen molar-refractivity contribution in [1.82, 2.24) is 0 Å². The zero-order valence-electron chi connectivity index (χ0n) is 16.7. The van der Waals surface area contributed by atoms with E-state index >= 15 is 0 Å². The summed E-state index contributed by atoms with van der Waals surface area (Å²) in [6.07, 6.45) is 0. The lowest BCUT2D eigenvalue weighted by molar-refractivity contribution is -0.116. The third-order valence-corrected chi connectivity index (χ3v) is 5.16. The number of ether oxygens (including phenoxy) is 2. The van der Waals surface area contributed by atoms with E-state index in [2.05, 4.69) is 5.32 Å². The Hall–Kier alpha value is -3.45. The maximum absolute atomic E-state index is 12.6. The molecule has 0 spiro atoms. The molecular weight excluding hydrogens is 386 g/mol. The van der Waals surface area contributed by atoms with Crippen LogP contribution in [-0.2, 0) is 20.9 Å². The Bertz CT molecular complexity index is 1150. The second-order valence-electron chi connectivity index (χ2n) is 7.06. The SMILES string of the molecule is CCOCc1c(C(=O)OCC(=O)c2ccc3c(c2)[C@H](C)C(=O)N3)oc2ccccc12. The van der Waals surface area contributed by atoms with Crippen LogP contribution in [-0.4, -0.2) is 30.9 Å². The summed E-state index contributed by atoms with van der Waals surface area (Å²) in [6.45, 7) is 3.89. The predicted molar refractivity (Wildman–Crippen MR) is 110 cm³/mol. The number of hydrogen-bond donors (Lipinski definition) is 1. The van der Waals surface area contributed by atoms with Gasteiger partial charge < -0.3 is 19.2 Å². The second kappa shape index (κ2) is 8.12. The average molecular weight is 407 g/mol. The molecule has 0 fully saturated rings. The molecule has 3 aromatic rings. The minimum absolute atomic E-state index is 0.0369. The number of rotatable bonds is 7. The van der Waals surface area contributed by atoms with Crippen LogP contribution >= 0.6 is 0 Å². The molecule has 0 bridgehead atoms. The fourth-order valence-electron chi connectivity index (χ4n) is 3.48. The number of hydrogen-bond acceptors (Lipinski definition) is 6. The molecular formula is C23H21NO6. The van der Waals surface area contributed by atoms with E-state index in [-0.39, 0.29) is 30.0 Å². The van der Waals surface area contributed by atoms with Crippen LogP contribution in [0.5, 0.6) is 0 Å². The molecule has 7 heteroatoms. The molecule has 2 aromatic carbocycles. The fraction of sp³-hybridized carbons (Fsp3) is 0.261. The number of para-hydroxylation sites is 1. The first kappa shape index (κ1) is 19.8. The van der Waals surface area contributed by atoms with Gasteiger partial charge in [-0.25, -0.2) is 4.79 Å². The lowest BCUT2D eigenvalue weighted by Gasteiger charge is -2.07. The van der Waals surface area contributed by atoms with Gasteiger partial charge >= 0.3 is 5.97 Å². The Labute approximate surface area is 173 Å². The van der Waals surface area contributed by atoms with Crippen molar-refractivity contribution in [3.8, 4) is 0 Å². The van der Waals surface area contributed by atoms with Crippen LogP contribution < -0.4 is 5.32 Å². The van der Waals surface area contributed by atoms with Crippen LogP contribution in [0.15, 0.2) is 46.9 Å². The van der Waals surface area contributed by atoms with Crippen LogP contribution in [0, 0.1) is 0 Å². The first-order valence-corrected chi connectivity index (χ1v) is 9.73. The average Bonchev–Trinajstić information content (AvgIpc) is 3.27. The van der Waals surface area contributed by atoms with E-state index in [1.807, 2.05) is 25.1 Å². The van der Waals surface area contributed by atoms with E-state index < -0.39 is 12.6 Å². The molecule has 0 radical (unpaired) electrons. The zero-order chi connectivity index (χ0) is 21.3. The van der Waals surface area contributed by atoms with Gasteiger partial charge in [0.15, 0.2) is 12.4 Å². The Balaban J connectivity index is 1.50. The van der Waals surface area contributed by atoms with Gasteiger partial charge in [0.25, 0.3) is 0 Å². The molecule has 0 saturated carbocycles. The topological polar surface area (TPSA) is 94.8 Å². The maximum atomic E-state index is 12.6. The molecule has 30 heavy (non-hydrogen) atoms. The molecule has 7 nitrogen and oxygen atoms in total. The van der Waals surface area contributed by atoms with Gasteiger partial charge in [-0.1, -0.05) is 18.2 Å². The number of furan rings is 1. The number of Topliss-reactive ketones (excluding diaryl/α,β-unsaturated/α-hetero) is 1. The van der Waals surface area contributed by atoms with Crippen molar-refractivity contribution in [3.05, 3.63) is 64.9 Å². The highest BCUT2D eigenvalue weighted by Crippen LogP contribution is 2.33. The second-order valence-corrected chi connectivity index (χ2v) is 7.06. The molecule has 1 aliphatic heterocycles. The highest BCUT2D eigenvalue weighted by Gasteiger charge is 2.28. The predicted octanol–water partition coefficient (Wildman–Crippen LogP) is 4.06. The normalized spacial score (nSPS) is 15.1. The van der Waals surface area contributed by atoms with Gasteiger partial charge in [0, 0.05) is 28.8 Å². The van der Waals surface area contributed by atoms with Crippen molar-refractivity contribution in [3.63, 3.8) is 0 Å². The third kappa shape index (κ3) is 3.59. The molecule has 0 unspecified atom stereocenters. The lowest BCUT2D eigenvalue weighted by atomic mass is 9.99. The number of benzene rings is 2. The summed E-state index contributed by atoms with van der Waals surface area (Å²) in [7, 11) is 0. The van der Waals surface area contributed by atoms with E-state index in [1.54, 1.807) is 31.2 Å². The lowest BCUT2D eigenvalue weighted by Crippen LogP contribution is -2.15. The molecule has 154 valence electrons. The number of carbonyl (C=O) groups is 3. The van der Waals surface area contributed by atoms with Crippen molar-refractivity contribution >= 4 is 34.3 Å². The summed E-state index contributed by atoms with van der Waals surface area (Å²) >= 11 is 0. The monoisotopic (exact) mass is 407 g/mol. The Morgan fingerprint density at radius 2 is 1.97 bits per heavy atom. The molecule has 0 aliphatic carbocycles. The number of esters is 1. The van der Waals surface area contributed by atoms with Gasteiger partial charge in [0.05, 0.1) is 12.5 Å². The van der Waals surface area contributed by atoms with Crippen molar-refractivity contribution in [1.29, 1.82) is 0 Å². The molecule has 4 rings (SSSR count). The number of ketones is 1. The van der Waals surface area contributed by atoms with E-state index in [1.165, 1.54) is 0 Å². The van der Waals surface area contributed by atoms with Gasteiger partial charge in [-0.3, -0.25) is 9.59 Å². The Kier molecular flexibility index (Phi) is 5.37. The highest BCUT2D eigenvalue weighted by atomic mass is 16.5. The quantitative estimate of drug-likeness (QED) is 0.469. The largest absolute Gasteiger partial charge is 0.451 e. The van der Waals surface area contributed by atoms with E-state index in [4.69, 9.17) is 13.9 Å². The minimum Gasteiger partial charge on any atom is -0.451 e. The molecule has 0 saturated heterocycles. The van der Waals surface area contributed by atoms with Gasteiger partial charge in [0.2, 0.25) is 11.7 Å². The first-order chi connectivity index (χ1) is 14.5. The van der Waals surface area contributed by atoms with Gasteiger partial charge in [0.1, 0.15) is 5.58 Å². The Morgan fingerprint density at radius 3 is 2.77 bits per heavy atom. The third-order valence-electron chi connectivity index (χ3n) is 5.16. The number of nitrogens with one attached hydrogen (secondary N) is 1. The smallest absolute Gasteiger partial charge is 0.375 e. The van der Waals surface area contributed by atoms with Crippen LogP contribution in [0.2, 0.25) is 0 Å². The summed E-state index contributed by atoms with van der Waals surface area (Å²) in [5, 5.41) is 3.53. The van der Waals surface area contributed by atoms with Crippen LogP contribution in [0.25, 0.3) is 11.0 Å². The fourth-order valence-corrected chi connectivity index (χ4v) is 3.48. The molecule has 2 heterocycles.